The van der Waals surface area contributed by atoms with Crippen molar-refractivity contribution in [2.75, 3.05) is 23.3 Å². The van der Waals surface area contributed by atoms with Gasteiger partial charge < -0.3 is 15.2 Å². The van der Waals surface area contributed by atoms with Crippen molar-refractivity contribution < 1.29 is 0 Å². The molecule has 1 aliphatic rings. The van der Waals surface area contributed by atoms with Gasteiger partial charge in [0.1, 0.15) is 17.8 Å². The Morgan fingerprint density at radius 2 is 1.86 bits per heavy atom. The molecule has 3 heterocycles. The Morgan fingerprint density at radius 3 is 2.64 bits per heavy atom. The molecule has 3 aromatic rings. The first-order chi connectivity index (χ1) is 10.8. The molecule has 0 bridgehead atoms. The molecule has 0 spiro atoms. The van der Waals surface area contributed by atoms with Gasteiger partial charge in [0.25, 0.3) is 0 Å². The Bertz CT molecular complexity index is 784. The fourth-order valence-corrected chi connectivity index (χ4v) is 3.04. The van der Waals surface area contributed by atoms with Crippen molar-refractivity contribution in [2.45, 2.75) is 19.8 Å². The zero-order valence-corrected chi connectivity index (χ0v) is 12.6. The van der Waals surface area contributed by atoms with Gasteiger partial charge in [0, 0.05) is 30.2 Å². The van der Waals surface area contributed by atoms with Crippen molar-refractivity contribution in [3.63, 3.8) is 0 Å². The van der Waals surface area contributed by atoms with Gasteiger partial charge >= 0.3 is 0 Å². The Balaban J connectivity index is 1.59. The summed E-state index contributed by atoms with van der Waals surface area (Å²) in [6.07, 6.45) is 4.18. The summed E-state index contributed by atoms with van der Waals surface area (Å²) in [7, 11) is 0. The summed E-state index contributed by atoms with van der Waals surface area (Å²) < 4.78 is 0. The van der Waals surface area contributed by atoms with Crippen LogP contribution in [0.2, 0.25) is 0 Å². The van der Waals surface area contributed by atoms with Crippen LogP contribution in [0.3, 0.4) is 0 Å². The molecule has 0 aliphatic carbocycles. The van der Waals surface area contributed by atoms with Crippen molar-refractivity contribution in [1.29, 1.82) is 0 Å². The Hall–Kier alpha value is -2.56. The van der Waals surface area contributed by atoms with Gasteiger partial charge in [-0.2, -0.15) is 0 Å². The van der Waals surface area contributed by atoms with Crippen molar-refractivity contribution in [1.82, 2.24) is 15.0 Å². The van der Waals surface area contributed by atoms with Gasteiger partial charge in [0.2, 0.25) is 0 Å². The van der Waals surface area contributed by atoms with Crippen LogP contribution in [0.15, 0.2) is 36.7 Å². The smallest absolute Gasteiger partial charge is 0.143 e. The standard InChI is InChI=1S/C17H19N5/c1-12-10-15-16(20-12)18-11-19-17(15)21-13-4-6-14(7-5-13)22-8-2-3-9-22/h4-7,10-11H,2-3,8-9H2,1H3,(H2,18,19,20,21). The maximum atomic E-state index is 4.36. The van der Waals surface area contributed by atoms with Crippen molar-refractivity contribution in [3.05, 3.63) is 42.4 Å². The number of aromatic amines is 1. The topological polar surface area (TPSA) is 56.8 Å². The third-order valence-corrected chi connectivity index (χ3v) is 4.16. The van der Waals surface area contributed by atoms with Gasteiger partial charge in [-0.15, -0.1) is 0 Å². The molecule has 2 N–H and O–H groups in total. The zero-order valence-electron chi connectivity index (χ0n) is 12.6. The molecule has 1 aromatic carbocycles. The second-order valence-electron chi connectivity index (χ2n) is 5.80. The van der Waals surface area contributed by atoms with Crippen LogP contribution in [0, 0.1) is 6.92 Å². The van der Waals surface area contributed by atoms with Crippen molar-refractivity contribution in [3.8, 4) is 0 Å². The highest BCUT2D eigenvalue weighted by molar-refractivity contribution is 5.89. The second-order valence-corrected chi connectivity index (χ2v) is 5.80. The van der Waals surface area contributed by atoms with Crippen LogP contribution >= 0.6 is 0 Å². The Kier molecular flexibility index (Phi) is 3.18. The van der Waals surface area contributed by atoms with Gasteiger partial charge in [-0.25, -0.2) is 9.97 Å². The lowest BCUT2D eigenvalue weighted by Crippen LogP contribution is -2.17. The number of fused-ring (bicyclic) bond motifs is 1. The van der Waals surface area contributed by atoms with E-state index < -0.39 is 0 Å². The van der Waals surface area contributed by atoms with E-state index in [1.165, 1.54) is 31.6 Å². The summed E-state index contributed by atoms with van der Waals surface area (Å²) in [5.41, 5.74) is 4.29. The summed E-state index contributed by atoms with van der Waals surface area (Å²) in [5, 5.41) is 4.41. The molecule has 112 valence electrons. The average molecular weight is 293 g/mol. The third-order valence-electron chi connectivity index (χ3n) is 4.16. The minimum atomic E-state index is 0.836. The minimum Gasteiger partial charge on any atom is -0.372 e. The van der Waals surface area contributed by atoms with Crippen molar-refractivity contribution in [2.24, 2.45) is 0 Å². The van der Waals surface area contributed by atoms with Gasteiger partial charge in [-0.05, 0) is 50.1 Å². The van der Waals surface area contributed by atoms with E-state index in [4.69, 9.17) is 0 Å². The van der Waals surface area contributed by atoms with E-state index in [2.05, 4.69) is 55.5 Å². The molecule has 5 nitrogen and oxygen atoms in total. The van der Waals surface area contributed by atoms with E-state index in [9.17, 15) is 0 Å². The molecule has 0 saturated carbocycles. The summed E-state index contributed by atoms with van der Waals surface area (Å²) in [4.78, 5) is 14.3. The highest BCUT2D eigenvalue weighted by atomic mass is 15.1. The van der Waals surface area contributed by atoms with Gasteiger partial charge in [0.15, 0.2) is 0 Å². The van der Waals surface area contributed by atoms with Gasteiger partial charge in [-0.1, -0.05) is 0 Å². The molecule has 0 radical (unpaired) electrons. The molecule has 2 aromatic heterocycles. The maximum Gasteiger partial charge on any atom is 0.143 e. The van der Waals surface area contributed by atoms with E-state index in [0.29, 0.717) is 0 Å². The van der Waals surface area contributed by atoms with E-state index in [1.54, 1.807) is 6.33 Å². The summed E-state index contributed by atoms with van der Waals surface area (Å²) in [6.45, 7) is 4.36. The summed E-state index contributed by atoms with van der Waals surface area (Å²) in [6, 6.07) is 10.6. The van der Waals surface area contributed by atoms with Crippen LogP contribution in [0.4, 0.5) is 17.2 Å². The molecule has 0 atom stereocenters. The number of hydrogen-bond donors (Lipinski definition) is 2. The fraction of sp³-hybridized carbons (Fsp3) is 0.294. The maximum absolute atomic E-state index is 4.36. The third kappa shape index (κ3) is 2.39. The number of anilines is 3. The van der Waals surface area contributed by atoms with Crippen LogP contribution in [-0.4, -0.2) is 28.0 Å². The molecule has 0 unspecified atom stereocenters. The number of aryl methyl sites for hydroxylation is 1. The molecule has 5 heteroatoms. The summed E-state index contributed by atoms with van der Waals surface area (Å²) >= 11 is 0. The van der Waals surface area contributed by atoms with Crippen molar-refractivity contribution >= 4 is 28.2 Å². The Labute approximate surface area is 129 Å². The second kappa shape index (κ2) is 5.33. The lowest BCUT2D eigenvalue weighted by molar-refractivity contribution is 0.949. The minimum absolute atomic E-state index is 0.836. The average Bonchev–Trinajstić information content (AvgIpc) is 3.17. The van der Waals surface area contributed by atoms with E-state index in [-0.39, 0.29) is 0 Å². The number of H-pyrrole nitrogens is 1. The summed E-state index contributed by atoms with van der Waals surface area (Å²) in [5.74, 6) is 0.836. The first-order valence-electron chi connectivity index (χ1n) is 7.72. The molecule has 1 saturated heterocycles. The lowest BCUT2D eigenvalue weighted by atomic mass is 10.2. The number of nitrogens with one attached hydrogen (secondary N) is 2. The normalized spacial score (nSPS) is 14.7. The highest BCUT2D eigenvalue weighted by Gasteiger charge is 2.12. The van der Waals surface area contributed by atoms with Crippen LogP contribution in [0.1, 0.15) is 18.5 Å². The molecule has 0 amide bonds. The molecule has 4 rings (SSSR count). The first kappa shape index (κ1) is 13.1. The molecular weight excluding hydrogens is 274 g/mol. The largest absolute Gasteiger partial charge is 0.372 e. The number of aromatic nitrogens is 3. The quantitative estimate of drug-likeness (QED) is 0.774. The highest BCUT2D eigenvalue weighted by Crippen LogP contribution is 2.26. The van der Waals surface area contributed by atoms with Crippen LogP contribution in [-0.2, 0) is 0 Å². The first-order valence-corrected chi connectivity index (χ1v) is 7.72. The van der Waals surface area contributed by atoms with Crippen LogP contribution in [0.25, 0.3) is 11.0 Å². The van der Waals surface area contributed by atoms with Gasteiger partial charge in [0.05, 0.1) is 5.39 Å². The lowest BCUT2D eigenvalue weighted by Gasteiger charge is -2.17. The number of nitrogens with zero attached hydrogens (tertiary/aromatic N) is 3. The molecule has 1 aliphatic heterocycles. The Morgan fingerprint density at radius 1 is 1.09 bits per heavy atom. The molecule has 22 heavy (non-hydrogen) atoms. The predicted octanol–water partition coefficient (Wildman–Crippen LogP) is 3.61. The monoisotopic (exact) mass is 293 g/mol. The molecular formula is C17H19N5. The van der Waals surface area contributed by atoms with Crippen LogP contribution < -0.4 is 10.2 Å². The molecule has 1 fully saturated rings. The van der Waals surface area contributed by atoms with E-state index >= 15 is 0 Å². The number of benzene rings is 1. The SMILES string of the molecule is Cc1cc2c(Nc3ccc(N4CCCC4)cc3)ncnc2[nH]1. The van der Waals surface area contributed by atoms with Gasteiger partial charge in [-0.3, -0.25) is 0 Å². The van der Waals surface area contributed by atoms with Crippen LogP contribution in [0.5, 0.6) is 0 Å². The fourth-order valence-electron chi connectivity index (χ4n) is 3.04. The van der Waals surface area contributed by atoms with E-state index in [1.807, 2.05) is 6.92 Å². The van der Waals surface area contributed by atoms with E-state index in [0.717, 1.165) is 28.2 Å². The number of rotatable bonds is 3. The zero-order chi connectivity index (χ0) is 14.9. The predicted molar refractivity (Wildman–Crippen MR) is 89.8 cm³/mol. The number of hydrogen-bond acceptors (Lipinski definition) is 4.